The van der Waals surface area contributed by atoms with Crippen LogP contribution in [-0.2, 0) is 0 Å². The molecule has 1 heteroatoms. The van der Waals surface area contributed by atoms with Crippen LogP contribution in [0.2, 0.25) is 0 Å². The summed E-state index contributed by atoms with van der Waals surface area (Å²) in [5.41, 5.74) is 6.26. The lowest BCUT2D eigenvalue weighted by atomic mass is 9.77. The predicted molar refractivity (Wildman–Crippen MR) is 65.2 cm³/mol. The van der Waals surface area contributed by atoms with Gasteiger partial charge < -0.3 is 5.73 Å². The Morgan fingerprint density at radius 1 is 0.929 bits per heavy atom. The van der Waals surface area contributed by atoms with Gasteiger partial charge in [0.2, 0.25) is 0 Å². The minimum absolute atomic E-state index is 0.365. The van der Waals surface area contributed by atoms with Gasteiger partial charge in [-0.15, -0.1) is 0 Å². The van der Waals surface area contributed by atoms with Crippen LogP contribution in [0.5, 0.6) is 0 Å². The van der Waals surface area contributed by atoms with Crippen LogP contribution in [-0.4, -0.2) is 6.04 Å². The van der Waals surface area contributed by atoms with Gasteiger partial charge in [-0.2, -0.15) is 0 Å². The molecule has 0 saturated heterocycles. The van der Waals surface area contributed by atoms with Crippen molar-refractivity contribution in [2.75, 3.05) is 0 Å². The van der Waals surface area contributed by atoms with E-state index in [1.54, 1.807) is 0 Å². The van der Waals surface area contributed by atoms with Gasteiger partial charge in [0.05, 0.1) is 0 Å². The highest BCUT2D eigenvalue weighted by Gasteiger charge is 2.24. The average molecular weight is 199 g/mol. The van der Waals surface area contributed by atoms with E-state index in [0.29, 0.717) is 23.8 Å². The van der Waals surface area contributed by atoms with Crippen LogP contribution in [0.25, 0.3) is 0 Å². The Hall–Kier alpha value is -0.0400. The zero-order valence-corrected chi connectivity index (χ0v) is 10.9. The summed E-state index contributed by atoms with van der Waals surface area (Å²) in [7, 11) is 0. The Kier molecular flexibility index (Phi) is 6.43. The van der Waals surface area contributed by atoms with Crippen LogP contribution in [0, 0.1) is 23.7 Å². The van der Waals surface area contributed by atoms with E-state index in [1.807, 2.05) is 0 Å². The highest BCUT2D eigenvalue weighted by Crippen LogP contribution is 2.27. The third-order valence-corrected chi connectivity index (χ3v) is 3.49. The first kappa shape index (κ1) is 14.0. The Labute approximate surface area is 90.5 Å². The van der Waals surface area contributed by atoms with Crippen molar-refractivity contribution in [2.45, 2.75) is 60.4 Å². The fourth-order valence-electron chi connectivity index (χ4n) is 2.00. The smallest absolute Gasteiger partial charge is 0.00929 e. The van der Waals surface area contributed by atoms with Crippen molar-refractivity contribution in [3.8, 4) is 0 Å². The first-order chi connectivity index (χ1) is 6.40. The van der Waals surface area contributed by atoms with Crippen LogP contribution in [0.4, 0.5) is 0 Å². The van der Waals surface area contributed by atoms with Crippen molar-refractivity contribution in [2.24, 2.45) is 29.4 Å². The molecule has 0 rings (SSSR count). The lowest BCUT2D eigenvalue weighted by molar-refractivity contribution is 0.221. The second-order valence-electron chi connectivity index (χ2n) is 5.48. The Morgan fingerprint density at radius 3 is 1.71 bits per heavy atom. The second kappa shape index (κ2) is 6.44. The molecule has 1 nitrogen and oxygen atoms in total. The van der Waals surface area contributed by atoms with Gasteiger partial charge in [0.25, 0.3) is 0 Å². The summed E-state index contributed by atoms with van der Waals surface area (Å²) < 4.78 is 0. The van der Waals surface area contributed by atoms with E-state index in [4.69, 9.17) is 5.73 Å². The molecular formula is C13H29N. The summed E-state index contributed by atoms with van der Waals surface area (Å²) in [6.45, 7) is 13.7. The molecule has 0 saturated carbocycles. The molecule has 0 aromatic rings. The Bertz CT molecular complexity index is 140. The maximum absolute atomic E-state index is 6.26. The number of nitrogens with two attached hydrogens (primary N) is 1. The molecule has 0 heterocycles. The van der Waals surface area contributed by atoms with Gasteiger partial charge in [0, 0.05) is 6.04 Å². The maximum atomic E-state index is 6.26. The van der Waals surface area contributed by atoms with E-state index in [1.165, 1.54) is 12.8 Å². The molecule has 3 atom stereocenters. The molecule has 14 heavy (non-hydrogen) atoms. The van der Waals surface area contributed by atoms with Crippen molar-refractivity contribution in [3.63, 3.8) is 0 Å². The average Bonchev–Trinajstić information content (AvgIpc) is 2.11. The zero-order chi connectivity index (χ0) is 11.3. The summed E-state index contributed by atoms with van der Waals surface area (Å²) in [4.78, 5) is 0. The summed E-state index contributed by atoms with van der Waals surface area (Å²) in [5, 5.41) is 0. The van der Waals surface area contributed by atoms with Gasteiger partial charge in [-0.05, 0) is 30.1 Å². The third kappa shape index (κ3) is 4.45. The van der Waals surface area contributed by atoms with Crippen LogP contribution in [0.1, 0.15) is 54.4 Å². The third-order valence-electron chi connectivity index (χ3n) is 3.49. The standard InChI is InChI=1S/C13H29N/c1-7-11(6)8-12(9(2)3)13(14)10(4)5/h9-13H,7-8,14H2,1-6H3. The monoisotopic (exact) mass is 199 g/mol. The normalized spacial score (nSPS) is 18.6. The molecule has 0 aromatic heterocycles. The van der Waals surface area contributed by atoms with Gasteiger partial charge in [-0.1, -0.05) is 48.0 Å². The lowest BCUT2D eigenvalue weighted by Crippen LogP contribution is -2.38. The maximum Gasteiger partial charge on any atom is 0.00929 e. The largest absolute Gasteiger partial charge is 0.327 e. The van der Waals surface area contributed by atoms with E-state index in [-0.39, 0.29) is 0 Å². The van der Waals surface area contributed by atoms with Crippen LogP contribution in [0.3, 0.4) is 0 Å². The van der Waals surface area contributed by atoms with E-state index < -0.39 is 0 Å². The Balaban J connectivity index is 4.29. The van der Waals surface area contributed by atoms with Gasteiger partial charge in [-0.25, -0.2) is 0 Å². The Morgan fingerprint density at radius 2 is 1.43 bits per heavy atom. The topological polar surface area (TPSA) is 26.0 Å². The minimum atomic E-state index is 0.365. The first-order valence-corrected chi connectivity index (χ1v) is 6.15. The van der Waals surface area contributed by atoms with E-state index >= 15 is 0 Å². The molecule has 3 unspecified atom stereocenters. The van der Waals surface area contributed by atoms with E-state index in [0.717, 1.165) is 5.92 Å². The van der Waals surface area contributed by atoms with Crippen molar-refractivity contribution in [1.29, 1.82) is 0 Å². The molecule has 0 aromatic carbocycles. The first-order valence-electron chi connectivity index (χ1n) is 6.15. The highest BCUT2D eigenvalue weighted by atomic mass is 14.7. The summed E-state index contributed by atoms with van der Waals surface area (Å²) in [6, 6.07) is 0.365. The quantitative estimate of drug-likeness (QED) is 0.694. The highest BCUT2D eigenvalue weighted by molar-refractivity contribution is 4.79. The number of hydrogen-bond donors (Lipinski definition) is 1. The van der Waals surface area contributed by atoms with Gasteiger partial charge in [0.1, 0.15) is 0 Å². The molecule has 0 aliphatic carbocycles. The van der Waals surface area contributed by atoms with Gasteiger partial charge in [0.15, 0.2) is 0 Å². The molecular weight excluding hydrogens is 170 g/mol. The fraction of sp³-hybridized carbons (Fsp3) is 1.00. The molecule has 2 N–H and O–H groups in total. The molecule has 0 bridgehead atoms. The summed E-state index contributed by atoms with van der Waals surface area (Å²) in [5.74, 6) is 2.81. The van der Waals surface area contributed by atoms with Crippen molar-refractivity contribution < 1.29 is 0 Å². The molecule has 86 valence electrons. The van der Waals surface area contributed by atoms with E-state index in [9.17, 15) is 0 Å². The van der Waals surface area contributed by atoms with Gasteiger partial charge in [-0.3, -0.25) is 0 Å². The number of rotatable bonds is 6. The molecule has 0 spiro atoms. The van der Waals surface area contributed by atoms with Gasteiger partial charge >= 0.3 is 0 Å². The molecule has 0 radical (unpaired) electrons. The SMILES string of the molecule is CCC(C)CC(C(C)C)C(N)C(C)C. The second-order valence-corrected chi connectivity index (χ2v) is 5.48. The molecule has 0 aliphatic heterocycles. The van der Waals surface area contributed by atoms with Crippen LogP contribution < -0.4 is 5.73 Å². The minimum Gasteiger partial charge on any atom is -0.327 e. The van der Waals surface area contributed by atoms with Crippen LogP contribution in [0.15, 0.2) is 0 Å². The molecule has 0 amide bonds. The zero-order valence-electron chi connectivity index (χ0n) is 10.9. The number of hydrogen-bond acceptors (Lipinski definition) is 1. The van der Waals surface area contributed by atoms with Crippen molar-refractivity contribution >= 4 is 0 Å². The molecule has 0 fully saturated rings. The van der Waals surface area contributed by atoms with Crippen LogP contribution >= 0.6 is 0 Å². The lowest BCUT2D eigenvalue weighted by Gasteiger charge is -2.32. The van der Waals surface area contributed by atoms with Crippen molar-refractivity contribution in [3.05, 3.63) is 0 Å². The fourth-order valence-corrected chi connectivity index (χ4v) is 2.00. The summed E-state index contributed by atoms with van der Waals surface area (Å²) >= 11 is 0. The predicted octanol–water partition coefficient (Wildman–Crippen LogP) is 3.68. The summed E-state index contributed by atoms with van der Waals surface area (Å²) in [6.07, 6.45) is 2.56. The van der Waals surface area contributed by atoms with E-state index in [2.05, 4.69) is 41.5 Å². The molecule has 0 aliphatic rings. The van der Waals surface area contributed by atoms with Crippen molar-refractivity contribution in [1.82, 2.24) is 0 Å².